The molecule has 1 fully saturated rings. The van der Waals surface area contributed by atoms with Crippen molar-refractivity contribution in [3.8, 4) is 17.3 Å². The van der Waals surface area contributed by atoms with Gasteiger partial charge in [-0.2, -0.15) is 5.26 Å². The fourth-order valence-corrected chi connectivity index (χ4v) is 3.72. The number of aromatic amines is 1. The second-order valence-corrected chi connectivity index (χ2v) is 6.40. The maximum absolute atomic E-state index is 12.6. The van der Waals surface area contributed by atoms with Crippen LogP contribution in [0.1, 0.15) is 36.9 Å². The van der Waals surface area contributed by atoms with E-state index in [0.717, 1.165) is 30.5 Å². The SMILES string of the molecule is N#Cc1[nH]c(-c2ccc3c(c2)C2(C=N3)CCCCC2=O)cc1[N+](=O)[O-]. The second kappa shape index (κ2) is 5.38. The number of nitriles is 1. The summed E-state index contributed by atoms with van der Waals surface area (Å²) in [7, 11) is 0. The molecule has 0 radical (unpaired) electrons. The first-order valence-corrected chi connectivity index (χ1v) is 8.06. The number of nitrogens with one attached hydrogen (secondary N) is 1. The van der Waals surface area contributed by atoms with Crippen LogP contribution in [0.3, 0.4) is 0 Å². The van der Waals surface area contributed by atoms with Crippen LogP contribution >= 0.6 is 0 Å². The van der Waals surface area contributed by atoms with Gasteiger partial charge in [0.05, 0.1) is 21.7 Å². The second-order valence-electron chi connectivity index (χ2n) is 6.40. The predicted molar refractivity (Wildman–Crippen MR) is 90.9 cm³/mol. The van der Waals surface area contributed by atoms with Crippen molar-refractivity contribution >= 4 is 23.4 Å². The molecule has 7 heteroatoms. The third-order valence-electron chi connectivity index (χ3n) is 5.04. The summed E-state index contributed by atoms with van der Waals surface area (Å²) in [4.78, 5) is 30.3. The number of ketones is 1. The number of hydrogen-bond acceptors (Lipinski definition) is 5. The van der Waals surface area contributed by atoms with Gasteiger partial charge in [-0.25, -0.2) is 0 Å². The first-order chi connectivity index (χ1) is 12.0. The molecule has 1 atom stereocenters. The molecule has 1 aliphatic heterocycles. The minimum absolute atomic E-state index is 0.0831. The minimum Gasteiger partial charge on any atom is -0.340 e. The van der Waals surface area contributed by atoms with Crippen molar-refractivity contribution < 1.29 is 9.72 Å². The zero-order chi connectivity index (χ0) is 17.6. The van der Waals surface area contributed by atoms with Crippen LogP contribution < -0.4 is 0 Å². The molecule has 124 valence electrons. The lowest BCUT2D eigenvalue weighted by Crippen LogP contribution is -2.38. The Kier molecular flexibility index (Phi) is 3.29. The van der Waals surface area contributed by atoms with E-state index in [0.29, 0.717) is 17.7 Å². The van der Waals surface area contributed by atoms with Crippen molar-refractivity contribution in [3.63, 3.8) is 0 Å². The van der Waals surface area contributed by atoms with Gasteiger partial charge in [-0.05, 0) is 36.1 Å². The standard InChI is InChI=1S/C18H14N4O3/c19-9-15-16(22(24)25)8-14(21-15)11-4-5-13-12(7-11)18(10-20-13)6-2-1-3-17(18)23/h4-5,7-8,10,21H,1-3,6H2. The highest BCUT2D eigenvalue weighted by atomic mass is 16.6. The summed E-state index contributed by atoms with van der Waals surface area (Å²) < 4.78 is 0. The van der Waals surface area contributed by atoms with Crippen LogP contribution in [0, 0.1) is 21.4 Å². The highest BCUT2D eigenvalue weighted by Gasteiger charge is 2.44. The summed E-state index contributed by atoms with van der Waals surface area (Å²) in [5.41, 5.74) is 1.80. The summed E-state index contributed by atoms with van der Waals surface area (Å²) in [5.74, 6) is 0.175. The number of nitro groups is 1. The number of fused-ring (bicyclic) bond motifs is 2. The summed E-state index contributed by atoms with van der Waals surface area (Å²) in [6.45, 7) is 0. The van der Waals surface area contributed by atoms with Gasteiger partial charge in [0.25, 0.3) is 0 Å². The van der Waals surface area contributed by atoms with Crippen LogP contribution in [-0.2, 0) is 10.2 Å². The monoisotopic (exact) mass is 334 g/mol. The Labute approximate surface area is 143 Å². The van der Waals surface area contributed by atoms with Crippen molar-refractivity contribution in [2.45, 2.75) is 31.1 Å². The molecule has 0 saturated heterocycles. The Balaban J connectivity index is 1.82. The van der Waals surface area contributed by atoms with Crippen LogP contribution in [-0.4, -0.2) is 21.9 Å². The Morgan fingerprint density at radius 1 is 1.32 bits per heavy atom. The summed E-state index contributed by atoms with van der Waals surface area (Å²) in [6, 6.07) is 8.63. The van der Waals surface area contributed by atoms with Crippen molar-refractivity contribution in [3.05, 3.63) is 45.6 Å². The van der Waals surface area contributed by atoms with E-state index in [1.54, 1.807) is 12.3 Å². The number of carbonyl (C=O) groups is 1. The van der Waals surface area contributed by atoms with E-state index < -0.39 is 10.3 Å². The predicted octanol–water partition coefficient (Wildman–Crippen LogP) is 3.56. The first kappa shape index (κ1) is 15.3. The first-order valence-electron chi connectivity index (χ1n) is 8.06. The molecule has 1 saturated carbocycles. The Morgan fingerprint density at radius 2 is 2.16 bits per heavy atom. The van der Waals surface area contributed by atoms with Gasteiger partial charge in [0, 0.05) is 18.7 Å². The molecule has 2 aromatic rings. The van der Waals surface area contributed by atoms with Gasteiger partial charge >= 0.3 is 5.69 Å². The van der Waals surface area contributed by atoms with Gasteiger partial charge in [-0.1, -0.05) is 12.5 Å². The van der Waals surface area contributed by atoms with E-state index in [2.05, 4.69) is 9.98 Å². The number of rotatable bonds is 2. The number of benzene rings is 1. The van der Waals surface area contributed by atoms with E-state index >= 15 is 0 Å². The van der Waals surface area contributed by atoms with Gasteiger partial charge in [-0.15, -0.1) is 0 Å². The fraction of sp³-hybridized carbons (Fsp3) is 0.278. The van der Waals surface area contributed by atoms with Crippen molar-refractivity contribution in [1.82, 2.24) is 4.98 Å². The lowest BCUT2D eigenvalue weighted by Gasteiger charge is -2.30. The third-order valence-corrected chi connectivity index (χ3v) is 5.04. The van der Waals surface area contributed by atoms with Crippen LogP contribution in [0.2, 0.25) is 0 Å². The maximum atomic E-state index is 12.6. The minimum atomic E-state index is -0.666. The van der Waals surface area contributed by atoms with E-state index in [4.69, 9.17) is 5.26 Å². The van der Waals surface area contributed by atoms with E-state index in [9.17, 15) is 14.9 Å². The lowest BCUT2D eigenvalue weighted by molar-refractivity contribution is -0.385. The molecular weight excluding hydrogens is 320 g/mol. The Bertz CT molecular complexity index is 983. The molecule has 0 amide bonds. The molecule has 1 aliphatic carbocycles. The topological polar surface area (TPSA) is 112 Å². The lowest BCUT2D eigenvalue weighted by atomic mass is 9.70. The fourth-order valence-electron chi connectivity index (χ4n) is 3.72. The molecule has 2 heterocycles. The van der Waals surface area contributed by atoms with Crippen LogP contribution in [0.4, 0.5) is 11.4 Å². The van der Waals surface area contributed by atoms with Gasteiger partial charge in [0.1, 0.15) is 11.9 Å². The summed E-state index contributed by atoms with van der Waals surface area (Å²) >= 11 is 0. The molecule has 2 aliphatic rings. The summed E-state index contributed by atoms with van der Waals surface area (Å²) in [6.07, 6.45) is 4.90. The van der Waals surface area contributed by atoms with Gasteiger partial charge in [0.15, 0.2) is 5.69 Å². The van der Waals surface area contributed by atoms with Gasteiger partial charge in [-0.3, -0.25) is 19.9 Å². The van der Waals surface area contributed by atoms with Crippen molar-refractivity contribution in [1.29, 1.82) is 5.26 Å². The van der Waals surface area contributed by atoms with Crippen molar-refractivity contribution in [2.24, 2.45) is 4.99 Å². The molecule has 25 heavy (non-hydrogen) atoms. The number of carbonyl (C=O) groups excluding carboxylic acids is 1. The average molecular weight is 334 g/mol. The normalized spacial score (nSPS) is 21.3. The summed E-state index contributed by atoms with van der Waals surface area (Å²) in [5, 5.41) is 20.1. The molecule has 0 bridgehead atoms. The zero-order valence-electron chi connectivity index (χ0n) is 13.3. The number of H-pyrrole nitrogens is 1. The number of nitrogens with zero attached hydrogens (tertiary/aromatic N) is 3. The number of hydrogen-bond donors (Lipinski definition) is 1. The smallest absolute Gasteiger partial charge is 0.305 e. The number of aliphatic imine (C=N–C) groups is 1. The van der Waals surface area contributed by atoms with Gasteiger partial charge in [0.2, 0.25) is 0 Å². The van der Waals surface area contributed by atoms with E-state index in [1.807, 2.05) is 18.2 Å². The zero-order valence-corrected chi connectivity index (χ0v) is 13.3. The molecule has 4 rings (SSSR count). The highest BCUT2D eigenvalue weighted by molar-refractivity contribution is 6.10. The molecule has 1 unspecified atom stereocenters. The molecule has 1 N–H and O–H groups in total. The van der Waals surface area contributed by atoms with Gasteiger partial charge < -0.3 is 4.98 Å². The molecule has 1 aromatic heterocycles. The third kappa shape index (κ3) is 2.18. The average Bonchev–Trinajstić information content (AvgIpc) is 3.20. The van der Waals surface area contributed by atoms with Crippen molar-refractivity contribution in [2.75, 3.05) is 0 Å². The molecular formula is C18H14N4O3. The van der Waals surface area contributed by atoms with Crippen LogP contribution in [0.25, 0.3) is 11.3 Å². The maximum Gasteiger partial charge on any atom is 0.305 e. The van der Waals surface area contributed by atoms with Crippen LogP contribution in [0.5, 0.6) is 0 Å². The molecule has 1 aromatic carbocycles. The number of Topliss-reactive ketones (excluding diaryl/α,β-unsaturated/α-hetero) is 1. The van der Waals surface area contributed by atoms with Crippen LogP contribution in [0.15, 0.2) is 29.3 Å². The Hall–Kier alpha value is -3.27. The number of aromatic nitrogens is 1. The molecule has 1 spiro atoms. The van der Waals surface area contributed by atoms with E-state index in [1.165, 1.54) is 6.07 Å². The highest BCUT2D eigenvalue weighted by Crippen LogP contribution is 2.45. The Morgan fingerprint density at radius 3 is 2.84 bits per heavy atom. The largest absolute Gasteiger partial charge is 0.340 e. The van der Waals surface area contributed by atoms with E-state index in [-0.39, 0.29) is 17.2 Å². The molecule has 7 nitrogen and oxygen atoms in total. The quantitative estimate of drug-likeness (QED) is 0.668.